The lowest BCUT2D eigenvalue weighted by molar-refractivity contribution is 1.18. The van der Waals surface area contributed by atoms with Crippen LogP contribution in [0.1, 0.15) is 11.1 Å². The first-order chi connectivity index (χ1) is 20.3. The van der Waals surface area contributed by atoms with E-state index in [0.29, 0.717) is 0 Å². The van der Waals surface area contributed by atoms with Crippen LogP contribution in [0.4, 0.5) is 0 Å². The maximum Gasteiger partial charge on any atom is 0.146 e. The molecule has 0 spiro atoms. The molecule has 0 fully saturated rings. The molecule has 4 aromatic heterocycles. The second-order valence-electron chi connectivity index (χ2n) is 11.1. The molecular formula is C37H22N4. The quantitative estimate of drug-likeness (QED) is 0.202. The fourth-order valence-electron chi connectivity index (χ4n) is 7.29. The number of nitrogens with zero attached hydrogens (tertiary/aromatic N) is 4. The van der Waals surface area contributed by atoms with Gasteiger partial charge in [0.25, 0.3) is 0 Å². The maximum atomic E-state index is 5.18. The Balaban J connectivity index is 1.45. The van der Waals surface area contributed by atoms with Gasteiger partial charge in [-0.05, 0) is 82.6 Å². The van der Waals surface area contributed by atoms with Gasteiger partial charge in [0.05, 0.1) is 33.8 Å². The van der Waals surface area contributed by atoms with Crippen molar-refractivity contribution < 1.29 is 0 Å². The monoisotopic (exact) mass is 522 g/mol. The summed E-state index contributed by atoms with van der Waals surface area (Å²) < 4.78 is 4.72. The van der Waals surface area contributed by atoms with Crippen molar-refractivity contribution in [2.45, 2.75) is 6.42 Å². The van der Waals surface area contributed by atoms with Crippen LogP contribution in [0.2, 0.25) is 0 Å². The molecule has 4 heteroatoms. The number of aromatic nitrogens is 4. The van der Waals surface area contributed by atoms with Crippen molar-refractivity contribution >= 4 is 60.2 Å². The van der Waals surface area contributed by atoms with Crippen LogP contribution in [0.25, 0.3) is 77.0 Å². The number of fused-ring (bicyclic) bond motifs is 15. The fraction of sp³-hybridized carbons (Fsp3) is 0.0270. The summed E-state index contributed by atoms with van der Waals surface area (Å²) in [5, 5.41) is 6.13. The number of benzene rings is 5. The van der Waals surface area contributed by atoms with E-state index < -0.39 is 0 Å². The largest absolute Gasteiger partial charge is 0.309 e. The zero-order valence-electron chi connectivity index (χ0n) is 22.0. The molecule has 9 aromatic rings. The zero-order valence-corrected chi connectivity index (χ0v) is 22.0. The van der Waals surface area contributed by atoms with E-state index in [1.54, 1.807) is 0 Å². The Kier molecular flexibility index (Phi) is 3.95. The van der Waals surface area contributed by atoms with E-state index in [2.05, 4.69) is 123 Å². The van der Waals surface area contributed by atoms with E-state index in [9.17, 15) is 0 Å². The summed E-state index contributed by atoms with van der Waals surface area (Å²) >= 11 is 0. The highest BCUT2D eigenvalue weighted by Gasteiger charge is 2.25. The molecule has 4 nitrogen and oxygen atoms in total. The predicted octanol–water partition coefficient (Wildman–Crippen LogP) is 8.86. The van der Waals surface area contributed by atoms with Gasteiger partial charge in [0.15, 0.2) is 0 Å². The summed E-state index contributed by atoms with van der Waals surface area (Å²) in [4.78, 5) is 9.70. The van der Waals surface area contributed by atoms with Crippen molar-refractivity contribution in [1.82, 2.24) is 18.9 Å². The molecular weight excluding hydrogens is 500 g/mol. The first-order valence-corrected chi connectivity index (χ1v) is 14.1. The SMILES string of the molecule is c1ccc(-n2c3cc4c5ccncc5n5c6ccccc6nc5c4cc3c3c4c(ccc32)-c2ccccc2C4)cc1. The van der Waals surface area contributed by atoms with Crippen LogP contribution in [-0.4, -0.2) is 18.9 Å². The molecule has 0 bridgehead atoms. The average Bonchev–Trinajstić information content (AvgIpc) is 3.70. The van der Waals surface area contributed by atoms with Crippen molar-refractivity contribution in [1.29, 1.82) is 0 Å². The number of hydrogen-bond acceptors (Lipinski definition) is 2. The average molecular weight is 523 g/mol. The summed E-state index contributed by atoms with van der Waals surface area (Å²) in [7, 11) is 0. The lowest BCUT2D eigenvalue weighted by atomic mass is 9.99. The lowest BCUT2D eigenvalue weighted by Gasteiger charge is -2.11. The normalized spacial score (nSPS) is 12.8. The minimum absolute atomic E-state index is 0.945. The molecule has 0 amide bonds. The highest BCUT2D eigenvalue weighted by atomic mass is 15.0. The Bertz CT molecular complexity index is 2550. The van der Waals surface area contributed by atoms with Gasteiger partial charge in [-0.3, -0.25) is 9.38 Å². The Morgan fingerprint density at radius 1 is 0.585 bits per heavy atom. The van der Waals surface area contributed by atoms with Gasteiger partial charge in [-0.25, -0.2) is 4.98 Å². The molecule has 4 heterocycles. The fourth-order valence-corrected chi connectivity index (χ4v) is 7.29. The van der Waals surface area contributed by atoms with Gasteiger partial charge in [0.2, 0.25) is 0 Å². The van der Waals surface area contributed by atoms with E-state index in [1.807, 2.05) is 12.4 Å². The first kappa shape index (κ1) is 21.4. The Hall–Kier alpha value is -5.48. The van der Waals surface area contributed by atoms with Crippen LogP contribution < -0.4 is 0 Å². The van der Waals surface area contributed by atoms with Crippen molar-refractivity contribution in [2.24, 2.45) is 0 Å². The highest BCUT2D eigenvalue weighted by molar-refractivity contribution is 6.22. The van der Waals surface area contributed by atoms with Gasteiger partial charge in [0.1, 0.15) is 5.65 Å². The lowest BCUT2D eigenvalue weighted by Crippen LogP contribution is -1.95. The van der Waals surface area contributed by atoms with E-state index in [4.69, 9.17) is 4.98 Å². The van der Waals surface area contributed by atoms with Crippen LogP contribution in [0.15, 0.2) is 122 Å². The van der Waals surface area contributed by atoms with Crippen molar-refractivity contribution in [3.05, 3.63) is 133 Å². The standard InChI is InChI=1S/C37H22N4/c1-2-9-23(10-3-1)40-33-15-14-25-24-11-5-4-8-22(24)18-28(25)36(33)30-19-29-27(20-34(30)40)26-16-17-38-21-35(26)41-32-13-7-6-12-31(32)39-37(29)41/h1-17,19-21H,18H2. The summed E-state index contributed by atoms with van der Waals surface area (Å²) in [5.74, 6) is 0. The summed E-state index contributed by atoms with van der Waals surface area (Å²) in [5.41, 5.74) is 13.3. The van der Waals surface area contributed by atoms with E-state index in [0.717, 1.165) is 34.0 Å². The second kappa shape index (κ2) is 7.58. The molecule has 0 atom stereocenters. The maximum absolute atomic E-state index is 5.18. The van der Waals surface area contributed by atoms with Gasteiger partial charge in [0, 0.05) is 33.4 Å². The van der Waals surface area contributed by atoms with E-state index in [-0.39, 0.29) is 0 Å². The summed E-state index contributed by atoms with van der Waals surface area (Å²) in [6.07, 6.45) is 4.81. The van der Waals surface area contributed by atoms with E-state index >= 15 is 0 Å². The summed E-state index contributed by atoms with van der Waals surface area (Å²) in [6, 6.07) is 39.5. The molecule has 5 aromatic carbocycles. The minimum Gasteiger partial charge on any atom is -0.309 e. The molecule has 0 N–H and O–H groups in total. The topological polar surface area (TPSA) is 35.1 Å². The number of imidazole rings is 1. The third-order valence-electron chi connectivity index (χ3n) is 9.00. The van der Waals surface area contributed by atoms with E-state index in [1.165, 1.54) is 60.5 Å². The highest BCUT2D eigenvalue weighted by Crippen LogP contribution is 2.46. The van der Waals surface area contributed by atoms with Crippen molar-refractivity contribution in [3.8, 4) is 16.8 Å². The molecule has 0 saturated heterocycles. The van der Waals surface area contributed by atoms with Gasteiger partial charge in [-0.2, -0.15) is 0 Å². The van der Waals surface area contributed by atoms with Crippen LogP contribution in [0, 0.1) is 0 Å². The minimum atomic E-state index is 0.945. The molecule has 1 aliphatic carbocycles. The zero-order chi connectivity index (χ0) is 26.7. The smallest absolute Gasteiger partial charge is 0.146 e. The van der Waals surface area contributed by atoms with Crippen LogP contribution >= 0.6 is 0 Å². The number of hydrogen-bond donors (Lipinski definition) is 0. The van der Waals surface area contributed by atoms with Gasteiger partial charge < -0.3 is 4.57 Å². The number of pyridine rings is 2. The molecule has 0 radical (unpaired) electrons. The number of rotatable bonds is 1. The molecule has 0 unspecified atom stereocenters. The van der Waals surface area contributed by atoms with Gasteiger partial charge in [-0.15, -0.1) is 0 Å². The number of para-hydroxylation sites is 3. The molecule has 0 saturated carbocycles. The Morgan fingerprint density at radius 2 is 1.44 bits per heavy atom. The van der Waals surface area contributed by atoms with Crippen LogP contribution in [-0.2, 0) is 6.42 Å². The van der Waals surface area contributed by atoms with Crippen LogP contribution in [0.5, 0.6) is 0 Å². The van der Waals surface area contributed by atoms with Gasteiger partial charge >= 0.3 is 0 Å². The molecule has 0 aliphatic heterocycles. The second-order valence-corrected chi connectivity index (χ2v) is 11.1. The Labute approximate surface area is 234 Å². The molecule has 1 aliphatic rings. The molecule has 190 valence electrons. The van der Waals surface area contributed by atoms with Crippen LogP contribution in [0.3, 0.4) is 0 Å². The molecule has 10 rings (SSSR count). The van der Waals surface area contributed by atoms with Crippen molar-refractivity contribution in [2.75, 3.05) is 0 Å². The van der Waals surface area contributed by atoms with Gasteiger partial charge in [-0.1, -0.05) is 60.7 Å². The predicted molar refractivity (Wildman–Crippen MR) is 168 cm³/mol. The summed E-state index contributed by atoms with van der Waals surface area (Å²) in [6.45, 7) is 0. The Morgan fingerprint density at radius 3 is 2.39 bits per heavy atom. The first-order valence-electron chi connectivity index (χ1n) is 14.1. The third-order valence-corrected chi connectivity index (χ3v) is 9.00. The third kappa shape index (κ3) is 2.69. The van der Waals surface area contributed by atoms with Crippen molar-refractivity contribution in [3.63, 3.8) is 0 Å². The molecule has 41 heavy (non-hydrogen) atoms.